The lowest BCUT2D eigenvalue weighted by Gasteiger charge is -2.27. The van der Waals surface area contributed by atoms with Crippen LogP contribution < -0.4 is 0 Å². The summed E-state index contributed by atoms with van der Waals surface area (Å²) in [5.41, 5.74) is 1.32. The molecular weight excluding hydrogens is 321 g/mol. The summed E-state index contributed by atoms with van der Waals surface area (Å²) in [6.45, 7) is 1.40. The summed E-state index contributed by atoms with van der Waals surface area (Å²) in [6, 6.07) is 8.35. The van der Waals surface area contributed by atoms with Crippen LogP contribution in [0.5, 0.6) is 5.75 Å². The van der Waals surface area contributed by atoms with Crippen LogP contribution in [0.4, 0.5) is 4.39 Å². The molecule has 0 amide bonds. The third-order valence-corrected chi connectivity index (χ3v) is 5.60. The van der Waals surface area contributed by atoms with Gasteiger partial charge in [-0.1, -0.05) is 17.7 Å². The number of rotatable bonds is 2. The van der Waals surface area contributed by atoms with E-state index in [0.717, 1.165) is 22.0 Å². The molecule has 1 N–H and O–H groups in total. The predicted octanol–water partition coefficient (Wildman–Crippen LogP) is 2.23. The van der Waals surface area contributed by atoms with Crippen molar-refractivity contribution in [3.63, 3.8) is 0 Å². The summed E-state index contributed by atoms with van der Waals surface area (Å²) in [7, 11) is -3.84. The molecule has 23 heavy (non-hydrogen) atoms. The average Bonchev–Trinajstić information content (AvgIpc) is 2.49. The summed E-state index contributed by atoms with van der Waals surface area (Å²) < 4.78 is 39.7. The van der Waals surface area contributed by atoms with Crippen LogP contribution in [0.1, 0.15) is 21.5 Å². The number of sulfonamides is 1. The first kappa shape index (κ1) is 15.6. The number of aryl methyl sites for hydroxylation is 1. The number of carbonyl (C=O) groups is 1. The highest BCUT2D eigenvalue weighted by molar-refractivity contribution is 7.89. The largest absolute Gasteiger partial charge is 0.505 e. The highest BCUT2D eigenvalue weighted by Crippen LogP contribution is 2.29. The number of phenols is 1. The van der Waals surface area contributed by atoms with Crippen LogP contribution in [0.3, 0.4) is 0 Å². The highest BCUT2D eigenvalue weighted by Gasteiger charge is 2.33. The number of ketones is 1. The second-order valence-corrected chi connectivity index (χ2v) is 7.41. The first-order valence-corrected chi connectivity index (χ1v) is 8.34. The Morgan fingerprint density at radius 1 is 1.13 bits per heavy atom. The van der Waals surface area contributed by atoms with E-state index in [-0.39, 0.29) is 29.1 Å². The number of fused-ring (bicyclic) bond motifs is 1. The Morgan fingerprint density at radius 3 is 2.43 bits per heavy atom. The second-order valence-electron chi connectivity index (χ2n) is 5.47. The SMILES string of the molecule is Cc1ccc(S(=O)(=O)N2CC(=O)c3cc(F)c(O)cc3C2)cc1. The van der Waals surface area contributed by atoms with E-state index in [1.54, 1.807) is 12.1 Å². The van der Waals surface area contributed by atoms with Crippen molar-refractivity contribution in [2.45, 2.75) is 18.4 Å². The molecule has 1 aliphatic rings. The number of phenolic OH excluding ortho intramolecular Hbond substituents is 1. The quantitative estimate of drug-likeness (QED) is 0.913. The molecule has 5 nitrogen and oxygen atoms in total. The Bertz CT molecular complexity index is 891. The van der Waals surface area contributed by atoms with Crippen LogP contribution in [0.15, 0.2) is 41.3 Å². The van der Waals surface area contributed by atoms with E-state index in [1.165, 1.54) is 12.1 Å². The van der Waals surface area contributed by atoms with Gasteiger partial charge in [0.2, 0.25) is 10.0 Å². The van der Waals surface area contributed by atoms with Crippen LogP contribution in [-0.4, -0.2) is 30.2 Å². The minimum atomic E-state index is -3.84. The summed E-state index contributed by atoms with van der Waals surface area (Å²) in [6.07, 6.45) is 0. The van der Waals surface area contributed by atoms with E-state index < -0.39 is 27.4 Å². The third-order valence-electron chi connectivity index (χ3n) is 3.80. The van der Waals surface area contributed by atoms with Gasteiger partial charge >= 0.3 is 0 Å². The Morgan fingerprint density at radius 2 is 1.78 bits per heavy atom. The molecule has 2 aromatic carbocycles. The number of nitrogens with zero attached hydrogens (tertiary/aromatic N) is 1. The van der Waals surface area contributed by atoms with Gasteiger partial charge in [-0.25, -0.2) is 12.8 Å². The Labute approximate surface area is 133 Å². The second kappa shape index (κ2) is 5.43. The predicted molar refractivity (Wildman–Crippen MR) is 81.2 cm³/mol. The van der Waals surface area contributed by atoms with E-state index in [2.05, 4.69) is 0 Å². The molecule has 1 aliphatic heterocycles. The fourth-order valence-electron chi connectivity index (χ4n) is 2.52. The normalized spacial score (nSPS) is 15.5. The van der Waals surface area contributed by atoms with Crippen molar-refractivity contribution < 1.29 is 22.7 Å². The molecule has 0 saturated carbocycles. The zero-order chi connectivity index (χ0) is 16.8. The molecule has 2 aromatic rings. The minimum absolute atomic E-state index is 0.0886. The lowest BCUT2D eigenvalue weighted by molar-refractivity contribution is 0.0949. The van der Waals surface area contributed by atoms with Gasteiger partial charge in [-0.3, -0.25) is 4.79 Å². The average molecular weight is 335 g/mol. The lowest BCUT2D eigenvalue weighted by atomic mass is 9.99. The molecule has 0 atom stereocenters. The fraction of sp³-hybridized carbons (Fsp3) is 0.188. The summed E-state index contributed by atoms with van der Waals surface area (Å²) in [5.74, 6) is -2.00. The van der Waals surface area contributed by atoms with Gasteiger partial charge in [-0.2, -0.15) is 4.31 Å². The highest BCUT2D eigenvalue weighted by atomic mass is 32.2. The van der Waals surface area contributed by atoms with E-state index >= 15 is 0 Å². The molecule has 120 valence electrons. The Kier molecular flexibility index (Phi) is 3.69. The molecule has 0 saturated heterocycles. The minimum Gasteiger partial charge on any atom is -0.505 e. The van der Waals surface area contributed by atoms with E-state index in [4.69, 9.17) is 0 Å². The molecule has 0 unspecified atom stereocenters. The summed E-state index contributed by atoms with van der Waals surface area (Å²) in [4.78, 5) is 12.2. The molecule has 3 rings (SSSR count). The van der Waals surface area contributed by atoms with Crippen molar-refractivity contribution in [3.8, 4) is 5.75 Å². The van der Waals surface area contributed by atoms with Crippen molar-refractivity contribution >= 4 is 15.8 Å². The van der Waals surface area contributed by atoms with Crippen LogP contribution in [-0.2, 0) is 16.6 Å². The number of carbonyl (C=O) groups excluding carboxylic acids is 1. The van der Waals surface area contributed by atoms with Crippen molar-refractivity contribution in [1.82, 2.24) is 4.31 Å². The Balaban J connectivity index is 2.01. The van der Waals surface area contributed by atoms with E-state index in [0.29, 0.717) is 0 Å². The topological polar surface area (TPSA) is 74.7 Å². The molecule has 0 aliphatic carbocycles. The maximum Gasteiger partial charge on any atom is 0.243 e. The van der Waals surface area contributed by atoms with Gasteiger partial charge in [0, 0.05) is 12.1 Å². The number of halogens is 1. The maximum atomic E-state index is 13.4. The fourth-order valence-corrected chi connectivity index (χ4v) is 3.89. The van der Waals surface area contributed by atoms with Gasteiger partial charge in [-0.15, -0.1) is 0 Å². The molecular formula is C16H14FNO4S. The van der Waals surface area contributed by atoms with Crippen molar-refractivity contribution in [2.24, 2.45) is 0 Å². The number of aromatic hydroxyl groups is 1. The van der Waals surface area contributed by atoms with Gasteiger partial charge in [0.25, 0.3) is 0 Å². The summed E-state index contributed by atoms with van der Waals surface area (Å²) in [5, 5.41) is 9.44. The Hall–Kier alpha value is -2.25. The van der Waals surface area contributed by atoms with Gasteiger partial charge in [-0.05, 0) is 36.8 Å². The number of benzene rings is 2. The van der Waals surface area contributed by atoms with Crippen LogP contribution >= 0.6 is 0 Å². The van der Waals surface area contributed by atoms with Gasteiger partial charge in [0.05, 0.1) is 11.4 Å². The molecule has 0 fully saturated rings. The maximum absolute atomic E-state index is 13.4. The van der Waals surface area contributed by atoms with Gasteiger partial charge < -0.3 is 5.11 Å². The van der Waals surface area contributed by atoms with Gasteiger partial charge in [0.1, 0.15) is 0 Å². The standard InChI is InChI=1S/C16H14FNO4S/c1-10-2-4-12(5-3-10)23(21,22)18-8-11-6-15(19)14(17)7-13(11)16(20)9-18/h2-7,19H,8-9H2,1H3. The molecule has 0 spiro atoms. The first-order chi connectivity index (χ1) is 10.8. The van der Waals surface area contributed by atoms with Crippen LogP contribution in [0.25, 0.3) is 0 Å². The zero-order valence-corrected chi connectivity index (χ0v) is 13.1. The molecule has 7 heteroatoms. The van der Waals surface area contributed by atoms with Crippen LogP contribution in [0, 0.1) is 12.7 Å². The van der Waals surface area contributed by atoms with E-state index in [1.807, 2.05) is 6.92 Å². The number of Topliss-reactive ketones (excluding diaryl/α,β-unsaturated/α-hetero) is 1. The first-order valence-electron chi connectivity index (χ1n) is 6.90. The molecule has 0 radical (unpaired) electrons. The molecule has 0 aromatic heterocycles. The number of hydrogen-bond acceptors (Lipinski definition) is 4. The van der Waals surface area contributed by atoms with Crippen molar-refractivity contribution in [1.29, 1.82) is 0 Å². The monoisotopic (exact) mass is 335 g/mol. The molecule has 1 heterocycles. The lowest BCUT2D eigenvalue weighted by Crippen LogP contribution is -2.39. The van der Waals surface area contributed by atoms with Crippen molar-refractivity contribution in [2.75, 3.05) is 6.54 Å². The van der Waals surface area contributed by atoms with Crippen molar-refractivity contribution in [3.05, 3.63) is 58.9 Å². The molecule has 0 bridgehead atoms. The smallest absolute Gasteiger partial charge is 0.243 e. The zero-order valence-electron chi connectivity index (χ0n) is 12.3. The van der Waals surface area contributed by atoms with Crippen LogP contribution in [0.2, 0.25) is 0 Å². The van der Waals surface area contributed by atoms with Gasteiger partial charge in [0.15, 0.2) is 17.3 Å². The van der Waals surface area contributed by atoms with E-state index in [9.17, 15) is 22.7 Å². The summed E-state index contributed by atoms with van der Waals surface area (Å²) >= 11 is 0. The number of hydrogen-bond donors (Lipinski definition) is 1. The third kappa shape index (κ3) is 2.73.